The summed E-state index contributed by atoms with van der Waals surface area (Å²) in [5.41, 5.74) is 1.51. The number of nitrogens with one attached hydrogen (secondary N) is 1. The number of aromatic amines is 1. The van der Waals surface area contributed by atoms with Crippen LogP contribution in [0.1, 0.15) is 11.3 Å². The molecule has 0 saturated carbocycles. The summed E-state index contributed by atoms with van der Waals surface area (Å²) in [5, 5.41) is 3.35. The smallest absolute Gasteiger partial charge is 0.283 e. The zero-order chi connectivity index (χ0) is 17.4. The van der Waals surface area contributed by atoms with Gasteiger partial charge in [-0.05, 0) is 30.7 Å². The molecule has 0 amide bonds. The van der Waals surface area contributed by atoms with Gasteiger partial charge in [-0.3, -0.25) is 19.7 Å². The van der Waals surface area contributed by atoms with Crippen molar-refractivity contribution < 1.29 is 0 Å². The van der Waals surface area contributed by atoms with Crippen LogP contribution in [-0.4, -0.2) is 29.3 Å². The number of aromatic nitrogens is 6. The van der Waals surface area contributed by atoms with Crippen LogP contribution in [-0.2, 0) is 6.54 Å². The number of H-pyrrole nitrogens is 1. The quantitative estimate of drug-likeness (QED) is 0.603. The average molecular weight is 334 g/mol. The summed E-state index contributed by atoms with van der Waals surface area (Å²) in [4.78, 5) is 37.4. The summed E-state index contributed by atoms with van der Waals surface area (Å²) in [7, 11) is 0. The Morgan fingerprint density at radius 1 is 1.08 bits per heavy atom. The van der Waals surface area contributed by atoms with Gasteiger partial charge < -0.3 is 4.57 Å². The predicted octanol–water partition coefficient (Wildman–Crippen LogP) is 1.02. The highest BCUT2D eigenvalue weighted by Crippen LogP contribution is 2.13. The van der Waals surface area contributed by atoms with E-state index in [0.29, 0.717) is 23.1 Å². The lowest BCUT2D eigenvalue weighted by atomic mass is 10.2. The molecule has 0 aromatic carbocycles. The maximum absolute atomic E-state index is 12.8. The number of hydrogen-bond donors (Lipinski definition) is 1. The second-order valence-corrected chi connectivity index (χ2v) is 5.60. The largest absolute Gasteiger partial charge is 0.308 e. The molecule has 0 aliphatic heterocycles. The molecule has 124 valence electrons. The summed E-state index contributed by atoms with van der Waals surface area (Å²) < 4.78 is 2.82. The molecule has 0 saturated heterocycles. The third-order valence-electron chi connectivity index (χ3n) is 4.06. The Balaban J connectivity index is 1.92. The second kappa shape index (κ2) is 5.82. The van der Waals surface area contributed by atoms with Gasteiger partial charge in [0, 0.05) is 36.5 Å². The summed E-state index contributed by atoms with van der Waals surface area (Å²) in [6, 6.07) is 6.76. The molecule has 0 bridgehead atoms. The maximum Gasteiger partial charge on any atom is 0.283 e. The Hall–Kier alpha value is -3.55. The van der Waals surface area contributed by atoms with Gasteiger partial charge in [0.1, 0.15) is 0 Å². The average Bonchev–Trinajstić information content (AvgIpc) is 2.96. The number of rotatable bonds is 3. The number of aryl methyl sites for hydroxylation is 1. The highest BCUT2D eigenvalue weighted by Gasteiger charge is 2.16. The molecule has 4 heterocycles. The fourth-order valence-corrected chi connectivity index (χ4v) is 2.82. The van der Waals surface area contributed by atoms with Gasteiger partial charge >= 0.3 is 0 Å². The van der Waals surface area contributed by atoms with Crippen molar-refractivity contribution in [2.45, 2.75) is 13.5 Å². The summed E-state index contributed by atoms with van der Waals surface area (Å²) in [6.07, 6.45) is 6.44. The molecule has 4 aromatic heterocycles. The zero-order valence-electron chi connectivity index (χ0n) is 13.4. The minimum Gasteiger partial charge on any atom is -0.308 e. The lowest BCUT2D eigenvalue weighted by Gasteiger charge is -2.09. The van der Waals surface area contributed by atoms with Gasteiger partial charge in [-0.15, -0.1) is 0 Å². The number of hydrogen-bond acceptors (Lipinski definition) is 5. The molecule has 1 N–H and O–H groups in total. The third-order valence-corrected chi connectivity index (χ3v) is 4.06. The molecular formula is C17H14N6O2. The predicted molar refractivity (Wildman–Crippen MR) is 91.8 cm³/mol. The lowest BCUT2D eigenvalue weighted by Crippen LogP contribution is -2.24. The molecule has 4 aromatic rings. The second-order valence-electron chi connectivity index (χ2n) is 5.60. The van der Waals surface area contributed by atoms with E-state index in [-0.39, 0.29) is 17.1 Å². The van der Waals surface area contributed by atoms with Crippen LogP contribution in [0.2, 0.25) is 0 Å². The molecular weight excluding hydrogens is 320 g/mol. The molecule has 0 aliphatic carbocycles. The van der Waals surface area contributed by atoms with Crippen LogP contribution in [0, 0.1) is 6.92 Å². The highest BCUT2D eigenvalue weighted by atomic mass is 16.1. The van der Waals surface area contributed by atoms with E-state index in [0.717, 1.165) is 5.56 Å². The van der Waals surface area contributed by atoms with Crippen LogP contribution >= 0.6 is 0 Å². The first-order chi connectivity index (χ1) is 12.1. The van der Waals surface area contributed by atoms with Crippen molar-refractivity contribution in [2.75, 3.05) is 0 Å². The van der Waals surface area contributed by atoms with Gasteiger partial charge in [-0.1, -0.05) is 0 Å². The fraction of sp³-hybridized carbons (Fsp3) is 0.118. The standard InChI is InChI=1S/C17H14N6O2/c1-11-15-13(21-23(16(15)25)17-19-5-2-6-20-17)9-14(24)22(11)10-12-3-7-18-8-4-12/h2-9,21H,10H2,1H3. The van der Waals surface area contributed by atoms with Gasteiger partial charge in [0.25, 0.3) is 17.1 Å². The minimum atomic E-state index is -0.290. The van der Waals surface area contributed by atoms with E-state index < -0.39 is 0 Å². The van der Waals surface area contributed by atoms with Crippen LogP contribution in [0.25, 0.3) is 16.9 Å². The van der Waals surface area contributed by atoms with E-state index in [4.69, 9.17) is 0 Å². The number of fused-ring (bicyclic) bond motifs is 1. The van der Waals surface area contributed by atoms with E-state index in [1.807, 2.05) is 12.1 Å². The first-order valence-corrected chi connectivity index (χ1v) is 7.66. The van der Waals surface area contributed by atoms with Gasteiger partial charge in [-0.25, -0.2) is 9.97 Å². The molecule has 8 nitrogen and oxygen atoms in total. The van der Waals surface area contributed by atoms with Crippen LogP contribution in [0.4, 0.5) is 0 Å². The number of pyridine rings is 2. The van der Waals surface area contributed by atoms with E-state index in [9.17, 15) is 9.59 Å². The van der Waals surface area contributed by atoms with Crippen molar-refractivity contribution in [2.24, 2.45) is 0 Å². The topological polar surface area (TPSA) is 98.5 Å². The van der Waals surface area contributed by atoms with Crippen molar-refractivity contribution in [3.63, 3.8) is 0 Å². The Labute approximate surface area is 141 Å². The minimum absolute atomic E-state index is 0.191. The fourth-order valence-electron chi connectivity index (χ4n) is 2.82. The van der Waals surface area contributed by atoms with Crippen molar-refractivity contribution in [1.82, 2.24) is 29.3 Å². The van der Waals surface area contributed by atoms with Crippen LogP contribution in [0.15, 0.2) is 58.6 Å². The normalized spacial score (nSPS) is 11.1. The Morgan fingerprint density at radius 3 is 2.52 bits per heavy atom. The highest BCUT2D eigenvalue weighted by molar-refractivity contribution is 5.80. The first kappa shape index (κ1) is 15.0. The van der Waals surface area contributed by atoms with Crippen molar-refractivity contribution in [1.29, 1.82) is 0 Å². The SMILES string of the molecule is Cc1c2c(=O)n(-c3ncccn3)[nH]c2cc(=O)n1Cc1ccncc1. The van der Waals surface area contributed by atoms with Crippen LogP contribution in [0.3, 0.4) is 0 Å². The Morgan fingerprint density at radius 2 is 1.80 bits per heavy atom. The van der Waals surface area contributed by atoms with Gasteiger partial charge in [0.15, 0.2) is 0 Å². The van der Waals surface area contributed by atoms with Crippen LogP contribution in [0.5, 0.6) is 0 Å². The van der Waals surface area contributed by atoms with Crippen molar-refractivity contribution >= 4 is 10.9 Å². The molecule has 0 spiro atoms. The first-order valence-electron chi connectivity index (χ1n) is 7.66. The van der Waals surface area contributed by atoms with E-state index in [1.54, 1.807) is 42.3 Å². The molecule has 0 fully saturated rings. The summed E-state index contributed by atoms with van der Waals surface area (Å²) in [6.45, 7) is 2.13. The van der Waals surface area contributed by atoms with E-state index in [1.165, 1.54) is 10.7 Å². The molecule has 0 atom stereocenters. The molecule has 0 unspecified atom stereocenters. The van der Waals surface area contributed by atoms with Gasteiger partial charge in [-0.2, -0.15) is 4.68 Å². The summed E-state index contributed by atoms with van der Waals surface area (Å²) in [5.74, 6) is 0.233. The van der Waals surface area contributed by atoms with Crippen molar-refractivity contribution in [3.8, 4) is 5.95 Å². The van der Waals surface area contributed by atoms with Crippen LogP contribution < -0.4 is 11.1 Å². The molecule has 0 radical (unpaired) electrons. The molecule has 4 rings (SSSR count). The van der Waals surface area contributed by atoms with Gasteiger partial charge in [0.05, 0.1) is 17.4 Å². The van der Waals surface area contributed by atoms with E-state index >= 15 is 0 Å². The lowest BCUT2D eigenvalue weighted by molar-refractivity contribution is 0.737. The maximum atomic E-state index is 12.8. The van der Waals surface area contributed by atoms with Gasteiger partial charge in [0.2, 0.25) is 0 Å². The summed E-state index contributed by atoms with van der Waals surface area (Å²) >= 11 is 0. The Kier molecular flexibility index (Phi) is 3.50. The zero-order valence-corrected chi connectivity index (χ0v) is 13.4. The van der Waals surface area contributed by atoms with E-state index in [2.05, 4.69) is 20.1 Å². The molecule has 0 aliphatic rings. The number of nitrogens with zero attached hydrogens (tertiary/aromatic N) is 5. The monoisotopic (exact) mass is 334 g/mol. The molecule has 8 heteroatoms. The third kappa shape index (κ3) is 2.53. The van der Waals surface area contributed by atoms with Crippen molar-refractivity contribution in [3.05, 3.63) is 81.0 Å². The molecule has 25 heavy (non-hydrogen) atoms. The Bertz CT molecular complexity index is 1160.